The zero-order chi connectivity index (χ0) is 22.2. The van der Waals surface area contributed by atoms with Crippen molar-refractivity contribution in [2.75, 3.05) is 58.3 Å². The number of hydrogen-bond acceptors (Lipinski definition) is 6. The molecule has 3 amide bonds. The lowest BCUT2D eigenvalue weighted by molar-refractivity contribution is -0.123. The van der Waals surface area contributed by atoms with Crippen LogP contribution in [0.25, 0.3) is 0 Å². The second-order valence-corrected chi connectivity index (χ2v) is 7.46. The van der Waals surface area contributed by atoms with E-state index in [0.717, 1.165) is 13.1 Å². The minimum absolute atomic E-state index is 0.00816. The largest absolute Gasteiger partial charge is 0.467 e. The van der Waals surface area contributed by atoms with Crippen molar-refractivity contribution in [1.82, 2.24) is 20.4 Å². The molecule has 0 aliphatic carbocycles. The van der Waals surface area contributed by atoms with Crippen LogP contribution in [-0.4, -0.2) is 80.9 Å². The minimum atomic E-state index is -0.269. The van der Waals surface area contributed by atoms with Crippen LogP contribution in [0.15, 0.2) is 47.1 Å². The number of benzene rings is 1. The maximum absolute atomic E-state index is 12.9. The van der Waals surface area contributed by atoms with Crippen LogP contribution in [0.2, 0.25) is 0 Å². The van der Waals surface area contributed by atoms with Gasteiger partial charge in [0.1, 0.15) is 5.76 Å². The molecule has 0 bridgehead atoms. The van der Waals surface area contributed by atoms with Crippen molar-refractivity contribution in [3.05, 3.63) is 54.0 Å². The van der Waals surface area contributed by atoms with Gasteiger partial charge in [-0.2, -0.15) is 0 Å². The highest BCUT2D eigenvalue weighted by atomic mass is 16.3. The molecule has 2 N–H and O–H groups in total. The number of amides is 3. The molecule has 1 fully saturated rings. The van der Waals surface area contributed by atoms with E-state index in [1.807, 2.05) is 0 Å². The standard InChI is InChI=1S/C22H29N5O4/c1-23-20(28)15-26-9-11-27(12-10-26)16-21(29)25(2)19-8-4-3-7-18(19)22(30)24-14-17-6-5-13-31-17/h3-8,13H,9-12,14-16H2,1-2H3,(H,23,28)(H,24,30). The van der Waals surface area contributed by atoms with Gasteiger partial charge in [0.25, 0.3) is 5.91 Å². The Morgan fingerprint density at radius 3 is 2.32 bits per heavy atom. The molecular weight excluding hydrogens is 398 g/mol. The lowest BCUT2D eigenvalue weighted by Crippen LogP contribution is -2.51. The molecule has 1 saturated heterocycles. The lowest BCUT2D eigenvalue weighted by Gasteiger charge is -2.34. The predicted molar refractivity (Wildman–Crippen MR) is 117 cm³/mol. The lowest BCUT2D eigenvalue weighted by atomic mass is 10.1. The first kappa shape index (κ1) is 22.5. The molecule has 1 aromatic heterocycles. The van der Waals surface area contributed by atoms with Gasteiger partial charge in [0.15, 0.2) is 0 Å². The normalized spacial score (nSPS) is 14.8. The van der Waals surface area contributed by atoms with Gasteiger partial charge >= 0.3 is 0 Å². The van der Waals surface area contributed by atoms with Gasteiger partial charge in [0, 0.05) is 40.3 Å². The molecule has 31 heavy (non-hydrogen) atoms. The maximum Gasteiger partial charge on any atom is 0.253 e. The first-order chi connectivity index (χ1) is 15.0. The third-order valence-corrected chi connectivity index (χ3v) is 5.36. The maximum atomic E-state index is 12.9. The van der Waals surface area contributed by atoms with Gasteiger partial charge < -0.3 is 20.0 Å². The Labute approximate surface area is 182 Å². The van der Waals surface area contributed by atoms with Crippen LogP contribution in [0.1, 0.15) is 16.1 Å². The van der Waals surface area contributed by atoms with Gasteiger partial charge in [-0.05, 0) is 24.3 Å². The first-order valence-electron chi connectivity index (χ1n) is 10.3. The van der Waals surface area contributed by atoms with Gasteiger partial charge in [-0.25, -0.2) is 0 Å². The van der Waals surface area contributed by atoms with E-state index >= 15 is 0 Å². The summed E-state index contributed by atoms with van der Waals surface area (Å²) in [6.07, 6.45) is 1.56. The molecule has 0 unspecified atom stereocenters. The molecule has 1 aliphatic rings. The van der Waals surface area contributed by atoms with E-state index in [4.69, 9.17) is 4.42 Å². The molecule has 0 saturated carbocycles. The van der Waals surface area contributed by atoms with Crippen molar-refractivity contribution < 1.29 is 18.8 Å². The topological polar surface area (TPSA) is 98.1 Å². The summed E-state index contributed by atoms with van der Waals surface area (Å²) >= 11 is 0. The number of piperazine rings is 1. The first-order valence-corrected chi connectivity index (χ1v) is 10.3. The zero-order valence-electron chi connectivity index (χ0n) is 18.0. The van der Waals surface area contributed by atoms with E-state index in [1.165, 1.54) is 4.90 Å². The number of furan rings is 1. The molecule has 0 radical (unpaired) electrons. The van der Waals surface area contributed by atoms with Gasteiger partial charge in [-0.1, -0.05) is 12.1 Å². The number of hydrogen-bond donors (Lipinski definition) is 2. The summed E-state index contributed by atoms with van der Waals surface area (Å²) in [6, 6.07) is 10.6. The highest BCUT2D eigenvalue weighted by Gasteiger charge is 2.23. The highest BCUT2D eigenvalue weighted by molar-refractivity contribution is 6.05. The van der Waals surface area contributed by atoms with Crippen molar-refractivity contribution in [3.8, 4) is 0 Å². The van der Waals surface area contributed by atoms with E-state index < -0.39 is 0 Å². The monoisotopic (exact) mass is 427 g/mol. The summed E-state index contributed by atoms with van der Waals surface area (Å²) in [5.74, 6) is 0.289. The summed E-state index contributed by atoms with van der Waals surface area (Å²) in [6.45, 7) is 3.79. The number of rotatable bonds is 8. The molecule has 2 heterocycles. The van der Waals surface area contributed by atoms with Crippen LogP contribution >= 0.6 is 0 Å². The second-order valence-electron chi connectivity index (χ2n) is 7.46. The van der Waals surface area contributed by atoms with Crippen molar-refractivity contribution in [2.45, 2.75) is 6.54 Å². The predicted octanol–water partition coefficient (Wildman–Crippen LogP) is 0.536. The van der Waals surface area contributed by atoms with Crippen molar-refractivity contribution in [1.29, 1.82) is 0 Å². The Hall–Kier alpha value is -3.17. The van der Waals surface area contributed by atoms with Crippen LogP contribution in [0.5, 0.6) is 0 Å². The summed E-state index contributed by atoms with van der Waals surface area (Å²) in [4.78, 5) is 42.8. The quantitative estimate of drug-likeness (QED) is 0.638. The zero-order valence-corrected chi connectivity index (χ0v) is 18.0. The molecule has 9 nitrogen and oxygen atoms in total. The number of nitrogens with zero attached hydrogens (tertiary/aromatic N) is 3. The van der Waals surface area contributed by atoms with Crippen molar-refractivity contribution >= 4 is 23.4 Å². The van der Waals surface area contributed by atoms with Crippen molar-refractivity contribution in [2.24, 2.45) is 0 Å². The molecule has 166 valence electrons. The molecule has 3 rings (SSSR count). The van der Waals surface area contributed by atoms with Crippen LogP contribution in [0.4, 0.5) is 5.69 Å². The SMILES string of the molecule is CNC(=O)CN1CCN(CC(=O)N(C)c2ccccc2C(=O)NCc2ccco2)CC1. The Morgan fingerprint density at radius 2 is 1.68 bits per heavy atom. The van der Waals surface area contributed by atoms with Crippen molar-refractivity contribution in [3.63, 3.8) is 0 Å². The average molecular weight is 428 g/mol. The fourth-order valence-electron chi connectivity index (χ4n) is 3.45. The van der Waals surface area contributed by atoms with E-state index in [9.17, 15) is 14.4 Å². The van der Waals surface area contributed by atoms with E-state index in [-0.39, 0.29) is 30.8 Å². The molecule has 1 aromatic carbocycles. The van der Waals surface area contributed by atoms with E-state index in [1.54, 1.807) is 56.8 Å². The number of para-hydroxylation sites is 1. The van der Waals surface area contributed by atoms with Gasteiger partial charge in [-0.15, -0.1) is 0 Å². The van der Waals surface area contributed by atoms with E-state index in [2.05, 4.69) is 20.4 Å². The molecule has 9 heteroatoms. The Kier molecular flexibility index (Phi) is 7.80. The molecule has 0 spiro atoms. The third kappa shape index (κ3) is 6.16. The number of anilines is 1. The minimum Gasteiger partial charge on any atom is -0.467 e. The summed E-state index contributed by atoms with van der Waals surface area (Å²) in [7, 11) is 3.31. The highest BCUT2D eigenvalue weighted by Crippen LogP contribution is 2.20. The number of nitrogens with one attached hydrogen (secondary N) is 2. The van der Waals surface area contributed by atoms with Gasteiger partial charge in [0.05, 0.1) is 37.1 Å². The summed E-state index contributed by atoms with van der Waals surface area (Å²) in [5, 5.41) is 5.45. The van der Waals surface area contributed by atoms with Crippen LogP contribution in [0.3, 0.4) is 0 Å². The van der Waals surface area contributed by atoms with Crippen LogP contribution in [-0.2, 0) is 16.1 Å². The van der Waals surface area contributed by atoms with E-state index in [0.29, 0.717) is 36.6 Å². The fourth-order valence-corrected chi connectivity index (χ4v) is 3.45. The Bertz CT molecular complexity index is 891. The second kappa shape index (κ2) is 10.7. The third-order valence-electron chi connectivity index (χ3n) is 5.36. The van der Waals surface area contributed by atoms with Crippen LogP contribution in [0, 0.1) is 0 Å². The Morgan fingerprint density at radius 1 is 1.00 bits per heavy atom. The van der Waals surface area contributed by atoms with Gasteiger partial charge in [-0.3, -0.25) is 24.2 Å². The fraction of sp³-hybridized carbons (Fsp3) is 0.409. The number of likely N-dealkylation sites (N-methyl/N-ethyl adjacent to an activating group) is 2. The van der Waals surface area contributed by atoms with Crippen LogP contribution < -0.4 is 15.5 Å². The smallest absolute Gasteiger partial charge is 0.253 e. The molecule has 0 atom stereocenters. The molecular formula is C22H29N5O4. The summed E-state index contributed by atoms with van der Waals surface area (Å²) < 4.78 is 5.24. The average Bonchev–Trinajstić information content (AvgIpc) is 3.32. The Balaban J connectivity index is 1.56. The molecule has 1 aliphatic heterocycles. The van der Waals surface area contributed by atoms with Gasteiger partial charge in [0.2, 0.25) is 11.8 Å². The molecule has 2 aromatic rings. The number of carbonyl (C=O) groups is 3. The summed E-state index contributed by atoms with van der Waals surface area (Å²) in [5.41, 5.74) is 0.989. The number of carbonyl (C=O) groups excluding carboxylic acids is 3.